The molecule has 0 aliphatic heterocycles. The Morgan fingerprint density at radius 1 is 0.360 bits per heavy atom. The minimum absolute atomic E-state index is 0.0298. The summed E-state index contributed by atoms with van der Waals surface area (Å²) in [4.78, 5) is 38.1. The number of allylic oxidation sites excluding steroid dienone is 10. The summed E-state index contributed by atoms with van der Waals surface area (Å²) in [5, 5.41) is 0. The fourth-order valence-corrected chi connectivity index (χ4v) is 11.5. The van der Waals surface area contributed by atoms with E-state index in [9.17, 15) is 19.0 Å². The standard InChI is InChI=1S/C76H142NO8P/c1-6-8-10-12-14-16-18-20-22-24-26-28-30-32-34-36-38-40-42-44-46-48-50-52-54-56-58-60-62-64-66-68-75(78)82-72-74(73-84-86(80,81)83-71-70-77(3,4)5)85-76(79)69-67-65-63-61-59-57-55-53-51-49-47-45-43-41-39-37-35-33-31-29-27-25-23-21-19-17-15-13-11-9-7-2/h18-21,24-27,31,33,74H,6-17,22-23,28-30,32,34-73H2,1-5H3/b20-18-,21-19-,26-24-,27-25-,33-31-. The van der Waals surface area contributed by atoms with Crippen LogP contribution in [0.15, 0.2) is 60.8 Å². The molecule has 0 radical (unpaired) electrons. The van der Waals surface area contributed by atoms with E-state index in [2.05, 4.69) is 74.6 Å². The summed E-state index contributed by atoms with van der Waals surface area (Å²) in [7, 11) is 1.18. The van der Waals surface area contributed by atoms with Crippen molar-refractivity contribution in [2.75, 3.05) is 47.5 Å². The lowest BCUT2D eigenvalue weighted by Gasteiger charge is -2.28. The molecular weight excluding hydrogens is 1090 g/mol. The van der Waals surface area contributed by atoms with E-state index < -0.39 is 26.5 Å². The Morgan fingerprint density at radius 2 is 0.628 bits per heavy atom. The molecule has 0 N–H and O–H groups in total. The van der Waals surface area contributed by atoms with Crippen molar-refractivity contribution in [3.63, 3.8) is 0 Å². The summed E-state index contributed by atoms with van der Waals surface area (Å²) in [6, 6.07) is 0. The van der Waals surface area contributed by atoms with Crippen molar-refractivity contribution < 1.29 is 42.1 Å². The van der Waals surface area contributed by atoms with Gasteiger partial charge in [-0.15, -0.1) is 0 Å². The molecule has 0 aliphatic rings. The molecule has 10 heteroatoms. The van der Waals surface area contributed by atoms with Crippen molar-refractivity contribution in [3.05, 3.63) is 60.8 Å². The van der Waals surface area contributed by atoms with Gasteiger partial charge in [0, 0.05) is 12.8 Å². The number of carbonyl (C=O) groups excluding carboxylic acids is 2. The molecular formula is C76H142NO8P. The van der Waals surface area contributed by atoms with E-state index >= 15 is 0 Å². The van der Waals surface area contributed by atoms with Gasteiger partial charge in [0.2, 0.25) is 0 Å². The van der Waals surface area contributed by atoms with E-state index in [-0.39, 0.29) is 32.0 Å². The van der Waals surface area contributed by atoms with Gasteiger partial charge in [-0.3, -0.25) is 14.2 Å². The summed E-state index contributed by atoms with van der Waals surface area (Å²) in [5.74, 6) is -0.816. The van der Waals surface area contributed by atoms with Crippen LogP contribution in [0.5, 0.6) is 0 Å². The molecule has 0 aromatic rings. The van der Waals surface area contributed by atoms with Gasteiger partial charge in [0.15, 0.2) is 6.10 Å². The van der Waals surface area contributed by atoms with E-state index in [1.54, 1.807) is 0 Å². The molecule has 0 spiro atoms. The summed E-state index contributed by atoms with van der Waals surface area (Å²) in [6.45, 7) is 4.28. The zero-order valence-electron chi connectivity index (χ0n) is 57.5. The first-order valence-corrected chi connectivity index (χ1v) is 38.5. The maximum Gasteiger partial charge on any atom is 0.306 e. The van der Waals surface area contributed by atoms with Crippen molar-refractivity contribution in [2.45, 2.75) is 367 Å². The van der Waals surface area contributed by atoms with Gasteiger partial charge < -0.3 is 27.9 Å². The SMILES string of the molecule is CCCCCCC/C=C\C/C=C\C/C=C\CCCCCCCCCCCCCCCCCCC(=O)OC(COC(=O)CCCCCCCCCCCCCCCCCCCCC/C=C\C/C=C\CCCCCCC)COP(=O)([O-])OCC[N+](C)(C)C. The van der Waals surface area contributed by atoms with Gasteiger partial charge in [-0.25, -0.2) is 0 Å². The zero-order chi connectivity index (χ0) is 62.6. The molecule has 0 amide bonds. The van der Waals surface area contributed by atoms with E-state index in [0.29, 0.717) is 17.4 Å². The van der Waals surface area contributed by atoms with Crippen molar-refractivity contribution in [2.24, 2.45) is 0 Å². The topological polar surface area (TPSA) is 111 Å². The van der Waals surface area contributed by atoms with Crippen LogP contribution < -0.4 is 4.89 Å². The van der Waals surface area contributed by atoms with Crippen LogP contribution in [0, 0.1) is 0 Å². The molecule has 2 atom stereocenters. The molecule has 86 heavy (non-hydrogen) atoms. The Labute approximate surface area is 534 Å². The van der Waals surface area contributed by atoms with Crippen LogP contribution in [0.3, 0.4) is 0 Å². The normalized spacial score (nSPS) is 13.4. The fraction of sp³-hybridized carbons (Fsp3) is 0.842. The Bertz CT molecular complexity index is 1630. The Balaban J connectivity index is 3.99. The number of hydrogen-bond donors (Lipinski definition) is 0. The maximum atomic E-state index is 12.9. The van der Waals surface area contributed by atoms with Gasteiger partial charge in [0.1, 0.15) is 19.8 Å². The average molecular weight is 1230 g/mol. The first kappa shape index (κ1) is 83.7. The Hall–Kier alpha value is -2.29. The van der Waals surface area contributed by atoms with Crippen LogP contribution in [0.4, 0.5) is 0 Å². The Morgan fingerprint density at radius 3 is 0.930 bits per heavy atom. The van der Waals surface area contributed by atoms with Crippen LogP contribution >= 0.6 is 7.82 Å². The molecule has 2 unspecified atom stereocenters. The number of quaternary nitrogens is 1. The second kappa shape index (κ2) is 67.1. The zero-order valence-corrected chi connectivity index (χ0v) is 58.4. The highest BCUT2D eigenvalue weighted by atomic mass is 31.2. The molecule has 504 valence electrons. The quantitative estimate of drug-likeness (QED) is 0.0195. The molecule has 0 fully saturated rings. The van der Waals surface area contributed by atoms with Gasteiger partial charge in [-0.05, 0) is 83.5 Å². The summed E-state index contributed by atoms with van der Waals surface area (Å²) < 4.78 is 34.4. The number of esters is 2. The fourth-order valence-electron chi connectivity index (χ4n) is 10.8. The molecule has 0 aliphatic carbocycles. The van der Waals surface area contributed by atoms with Gasteiger partial charge >= 0.3 is 11.9 Å². The predicted octanol–water partition coefficient (Wildman–Crippen LogP) is 23.5. The highest BCUT2D eigenvalue weighted by Gasteiger charge is 2.22. The lowest BCUT2D eigenvalue weighted by atomic mass is 10.0. The number of ether oxygens (including phenoxy) is 2. The highest BCUT2D eigenvalue weighted by Crippen LogP contribution is 2.38. The molecule has 0 aromatic carbocycles. The van der Waals surface area contributed by atoms with Crippen LogP contribution in [-0.2, 0) is 32.7 Å². The van der Waals surface area contributed by atoms with E-state index in [1.807, 2.05) is 21.1 Å². The number of rotatable bonds is 69. The first-order valence-electron chi connectivity index (χ1n) is 37.0. The van der Waals surface area contributed by atoms with Crippen LogP contribution in [0.2, 0.25) is 0 Å². The molecule has 0 rings (SSSR count). The number of hydrogen-bond acceptors (Lipinski definition) is 8. The molecule has 0 heterocycles. The molecule has 0 bridgehead atoms. The molecule has 0 saturated heterocycles. The number of unbranched alkanes of at least 4 members (excludes halogenated alkanes) is 45. The summed E-state index contributed by atoms with van der Waals surface area (Å²) in [6.07, 6.45) is 88.8. The summed E-state index contributed by atoms with van der Waals surface area (Å²) in [5.41, 5.74) is 0. The smallest absolute Gasteiger partial charge is 0.306 e. The van der Waals surface area contributed by atoms with Crippen LogP contribution in [-0.4, -0.2) is 70.0 Å². The maximum absolute atomic E-state index is 12.9. The number of nitrogens with zero attached hydrogens (tertiary/aromatic N) is 1. The number of likely N-dealkylation sites (N-methyl/N-ethyl adjacent to an activating group) is 1. The number of carbonyl (C=O) groups is 2. The lowest BCUT2D eigenvalue weighted by Crippen LogP contribution is -2.37. The summed E-state index contributed by atoms with van der Waals surface area (Å²) >= 11 is 0. The third-order valence-corrected chi connectivity index (χ3v) is 17.5. The lowest BCUT2D eigenvalue weighted by molar-refractivity contribution is -0.870. The van der Waals surface area contributed by atoms with Crippen molar-refractivity contribution in [1.82, 2.24) is 0 Å². The number of phosphoric ester groups is 1. The van der Waals surface area contributed by atoms with Gasteiger partial charge in [0.25, 0.3) is 7.82 Å². The molecule has 9 nitrogen and oxygen atoms in total. The monoisotopic (exact) mass is 1230 g/mol. The van der Waals surface area contributed by atoms with E-state index in [0.717, 1.165) is 57.8 Å². The van der Waals surface area contributed by atoms with Crippen molar-refractivity contribution in [1.29, 1.82) is 0 Å². The van der Waals surface area contributed by atoms with E-state index in [1.165, 1.54) is 270 Å². The third kappa shape index (κ3) is 70.8. The Kier molecular flexibility index (Phi) is 65.3. The first-order chi connectivity index (χ1) is 42.0. The molecule has 0 saturated carbocycles. The average Bonchev–Trinajstić information content (AvgIpc) is 3.56. The van der Waals surface area contributed by atoms with Crippen molar-refractivity contribution >= 4 is 19.8 Å². The third-order valence-electron chi connectivity index (χ3n) is 16.5. The van der Waals surface area contributed by atoms with Gasteiger partial charge in [-0.1, -0.05) is 325 Å². The van der Waals surface area contributed by atoms with E-state index in [4.69, 9.17) is 18.5 Å². The largest absolute Gasteiger partial charge is 0.756 e. The van der Waals surface area contributed by atoms with Gasteiger partial charge in [-0.2, -0.15) is 0 Å². The number of phosphoric acid groups is 1. The minimum Gasteiger partial charge on any atom is -0.756 e. The van der Waals surface area contributed by atoms with Crippen LogP contribution in [0.1, 0.15) is 361 Å². The predicted molar refractivity (Wildman–Crippen MR) is 370 cm³/mol. The molecule has 0 aromatic heterocycles. The van der Waals surface area contributed by atoms with Crippen LogP contribution in [0.25, 0.3) is 0 Å². The minimum atomic E-state index is -4.64. The highest BCUT2D eigenvalue weighted by molar-refractivity contribution is 7.45. The second-order valence-corrected chi connectivity index (χ2v) is 27.7. The van der Waals surface area contributed by atoms with Gasteiger partial charge in [0.05, 0.1) is 27.7 Å². The second-order valence-electron chi connectivity index (χ2n) is 26.3. The van der Waals surface area contributed by atoms with Crippen molar-refractivity contribution in [3.8, 4) is 0 Å².